The number of halogens is 2. The Bertz CT molecular complexity index is 23.1. The van der Waals surface area contributed by atoms with Crippen LogP contribution in [0.4, 0.5) is 0 Å². The zero-order valence-electron chi connectivity index (χ0n) is 3.26. The SMILES string of the molecule is C[C]([InH2])(I)I. The molecule has 0 nitrogen and oxygen atoms in total. The molecule has 0 aromatic carbocycles. The summed E-state index contributed by atoms with van der Waals surface area (Å²) in [6.45, 7) is 2.25. The third-order valence-electron chi connectivity index (χ3n) is 0. The third-order valence-corrected chi connectivity index (χ3v) is 0. The van der Waals surface area contributed by atoms with E-state index in [1.807, 2.05) is 0 Å². The van der Waals surface area contributed by atoms with Gasteiger partial charge in [-0.3, -0.25) is 0 Å². The summed E-state index contributed by atoms with van der Waals surface area (Å²) < 4.78 is 0.650. The van der Waals surface area contributed by atoms with E-state index < -0.39 is 0 Å². The number of alkyl halides is 2. The average Bonchev–Trinajstić information content (AvgIpc) is 0.722. The van der Waals surface area contributed by atoms with E-state index in [0.29, 0.717) is -0.815 Å². The van der Waals surface area contributed by atoms with E-state index in [1.54, 1.807) is 0 Å². The summed E-state index contributed by atoms with van der Waals surface area (Å²) in [7, 11) is 0. The quantitative estimate of drug-likeness (QED) is 0.425. The van der Waals surface area contributed by atoms with Crippen LogP contribution in [-0.4, -0.2) is 23.6 Å². The van der Waals surface area contributed by atoms with Crippen molar-refractivity contribution in [2.75, 3.05) is 0 Å². The Morgan fingerprint density at radius 1 is 1.60 bits per heavy atom. The standard InChI is InChI=1S/C2H3I2.In.2H/c1-2(3)4;;;/h1H3;;;. The second kappa shape index (κ2) is 2.59. The summed E-state index contributed by atoms with van der Waals surface area (Å²) >= 11 is 5.75. The van der Waals surface area contributed by atoms with Gasteiger partial charge in [0, 0.05) is 0 Å². The minimum atomic E-state index is 0.650. The van der Waals surface area contributed by atoms with Crippen LogP contribution in [-0.2, 0) is 0 Å². The second-order valence-corrected chi connectivity index (χ2v) is 26.1. The van der Waals surface area contributed by atoms with Crippen LogP contribution in [0, 0.1) is 0 Å². The predicted octanol–water partition coefficient (Wildman–Crippen LogP) is 1.16. The van der Waals surface area contributed by atoms with E-state index >= 15 is 0 Å². The van der Waals surface area contributed by atoms with Gasteiger partial charge in [-0.25, -0.2) is 0 Å². The molecular formula is C2H5I2In. The van der Waals surface area contributed by atoms with E-state index in [2.05, 4.69) is 52.1 Å². The van der Waals surface area contributed by atoms with Gasteiger partial charge in [0.15, 0.2) is 0 Å². The molecule has 0 aliphatic heterocycles. The van der Waals surface area contributed by atoms with E-state index in [4.69, 9.17) is 0 Å². The molecule has 0 N–H and O–H groups in total. The van der Waals surface area contributed by atoms with Crippen LogP contribution >= 0.6 is 45.2 Å². The van der Waals surface area contributed by atoms with Crippen LogP contribution in [0.25, 0.3) is 0 Å². The molecule has 0 rings (SSSR count). The van der Waals surface area contributed by atoms with Gasteiger partial charge < -0.3 is 0 Å². The number of hydrogen-bond donors (Lipinski definition) is 0. The molecule has 0 radical (unpaired) electrons. The monoisotopic (exact) mass is 398 g/mol. The number of hydrogen-bond acceptors (Lipinski definition) is 0. The van der Waals surface area contributed by atoms with Crippen LogP contribution in [0.3, 0.4) is 0 Å². The van der Waals surface area contributed by atoms with E-state index in [0.717, 1.165) is 24.4 Å². The molecule has 0 saturated heterocycles. The summed E-state index contributed by atoms with van der Waals surface area (Å²) in [5.74, 6) is 0. The van der Waals surface area contributed by atoms with Crippen LogP contribution in [0.5, 0.6) is 0 Å². The molecule has 0 aliphatic rings. The first kappa shape index (κ1) is 7.33. The zero-order chi connectivity index (χ0) is 4.50. The van der Waals surface area contributed by atoms with Crippen molar-refractivity contribution >= 4 is 69.6 Å². The van der Waals surface area contributed by atoms with E-state index in [-0.39, 0.29) is 0 Å². The molecule has 5 heavy (non-hydrogen) atoms. The van der Waals surface area contributed by atoms with Gasteiger partial charge in [-0.2, -0.15) is 0 Å². The summed E-state index contributed by atoms with van der Waals surface area (Å²) in [6, 6.07) is 0. The molecule has 0 heterocycles. The third kappa shape index (κ3) is 21.9. The van der Waals surface area contributed by atoms with Crippen LogP contribution in [0.2, 0.25) is 0 Å². The van der Waals surface area contributed by atoms with Crippen molar-refractivity contribution in [2.45, 2.75) is 6.11 Å². The van der Waals surface area contributed by atoms with Crippen LogP contribution in [0.1, 0.15) is 6.92 Å². The first-order valence-electron chi connectivity index (χ1n) is 1.38. The van der Waals surface area contributed by atoms with Crippen molar-refractivity contribution in [2.24, 2.45) is 0 Å². The normalized spacial score (nSPS) is 11.8. The van der Waals surface area contributed by atoms with Gasteiger partial charge >= 0.3 is 75.7 Å². The van der Waals surface area contributed by atoms with Gasteiger partial charge in [0.1, 0.15) is 0 Å². The molecule has 0 saturated carbocycles. The molecule has 0 unspecified atom stereocenters. The molecule has 3 heteroatoms. The molecule has 0 fully saturated rings. The van der Waals surface area contributed by atoms with Crippen LogP contribution in [0.15, 0.2) is 0 Å². The summed E-state index contributed by atoms with van der Waals surface area (Å²) in [5.41, 5.74) is 0. The second-order valence-electron chi connectivity index (χ2n) is 1.33. The van der Waals surface area contributed by atoms with E-state index in [9.17, 15) is 0 Å². The Morgan fingerprint density at radius 2 is 1.60 bits per heavy atom. The molecular weight excluding hydrogens is 393 g/mol. The van der Waals surface area contributed by atoms with Gasteiger partial charge in [0.05, 0.1) is 0 Å². The van der Waals surface area contributed by atoms with Gasteiger partial charge in [-0.1, -0.05) is 0 Å². The van der Waals surface area contributed by atoms with Gasteiger partial charge in [-0.05, 0) is 0 Å². The maximum atomic E-state index is 2.46. The fraction of sp³-hybridized carbons (Fsp3) is 1.00. The summed E-state index contributed by atoms with van der Waals surface area (Å²) in [5, 5.41) is 0. The average molecular weight is 398 g/mol. The van der Waals surface area contributed by atoms with Crippen molar-refractivity contribution in [1.82, 2.24) is 0 Å². The van der Waals surface area contributed by atoms with Crippen molar-refractivity contribution in [1.29, 1.82) is 0 Å². The first-order chi connectivity index (χ1) is 2.00. The van der Waals surface area contributed by atoms with E-state index in [1.165, 1.54) is 0 Å². The molecule has 0 aromatic heterocycles. The Balaban J connectivity index is 3.02. The molecule has 0 aliphatic carbocycles. The molecule has 0 atom stereocenters. The van der Waals surface area contributed by atoms with Crippen LogP contribution < -0.4 is 0 Å². The van der Waals surface area contributed by atoms with Crippen molar-refractivity contribution in [3.8, 4) is 0 Å². The van der Waals surface area contributed by atoms with Crippen molar-refractivity contribution < 1.29 is 0 Å². The van der Waals surface area contributed by atoms with Gasteiger partial charge in [0.25, 0.3) is 0 Å². The fourth-order valence-corrected chi connectivity index (χ4v) is 0. The molecule has 0 amide bonds. The zero-order valence-corrected chi connectivity index (χ0v) is 13.3. The summed E-state index contributed by atoms with van der Waals surface area (Å²) in [4.78, 5) is 0. The Kier molecular flexibility index (Phi) is 3.80. The predicted molar refractivity (Wildman–Crippen MR) is 45.0 cm³/mol. The van der Waals surface area contributed by atoms with Crippen molar-refractivity contribution in [3.05, 3.63) is 0 Å². The van der Waals surface area contributed by atoms with Gasteiger partial charge in [0.2, 0.25) is 0 Å². The molecule has 0 spiro atoms. The Labute approximate surface area is 74.3 Å². The topological polar surface area (TPSA) is 0 Å². The fourth-order valence-electron chi connectivity index (χ4n) is 0. The van der Waals surface area contributed by atoms with Crippen molar-refractivity contribution in [3.63, 3.8) is 0 Å². The maximum absolute atomic E-state index is 2.46. The molecule has 0 aromatic rings. The Morgan fingerprint density at radius 3 is 1.60 bits per heavy atom. The summed E-state index contributed by atoms with van der Waals surface area (Å²) in [6.07, 6.45) is 0. The Hall–Kier alpha value is 2.33. The minimum absolute atomic E-state index is 0.650. The molecule has 0 bridgehead atoms. The molecule has 30 valence electrons. The number of rotatable bonds is 0. The first-order valence-corrected chi connectivity index (χ1v) is 6.39. The van der Waals surface area contributed by atoms with Gasteiger partial charge in [-0.15, -0.1) is 0 Å².